The average molecular weight is 390 g/mol. The molecule has 0 N–H and O–H groups in total. The number of rotatable bonds is 5. The third-order valence-electron chi connectivity index (χ3n) is 4.32. The van der Waals surface area contributed by atoms with Crippen molar-refractivity contribution >= 4 is 44.1 Å². The van der Waals surface area contributed by atoms with Gasteiger partial charge in [-0.15, -0.1) is 5.10 Å². The summed E-state index contributed by atoms with van der Waals surface area (Å²) in [7, 11) is 1.63. The fraction of sp³-hybridized carbons (Fsp3) is 0.412. The second-order valence-electron chi connectivity index (χ2n) is 6.07. The predicted octanol–water partition coefficient (Wildman–Crippen LogP) is 3.29. The molecule has 1 aliphatic heterocycles. The molecule has 0 radical (unpaired) electrons. The Morgan fingerprint density at radius 1 is 1.46 bits per heavy atom. The molecule has 1 fully saturated rings. The van der Waals surface area contributed by atoms with E-state index in [0.717, 1.165) is 46.9 Å². The van der Waals surface area contributed by atoms with E-state index in [4.69, 9.17) is 9.47 Å². The molecular formula is C17H18N4O3S2. The molecule has 0 bridgehead atoms. The first kappa shape index (κ1) is 17.3. The zero-order chi connectivity index (χ0) is 18.1. The highest BCUT2D eigenvalue weighted by molar-refractivity contribution is 7.22. The van der Waals surface area contributed by atoms with Crippen molar-refractivity contribution < 1.29 is 14.3 Å². The van der Waals surface area contributed by atoms with Crippen molar-refractivity contribution in [2.45, 2.75) is 25.9 Å². The number of carbonyl (C=O) groups is 1. The molecule has 9 heteroatoms. The van der Waals surface area contributed by atoms with E-state index in [1.807, 2.05) is 18.2 Å². The van der Waals surface area contributed by atoms with E-state index in [9.17, 15) is 4.79 Å². The summed E-state index contributed by atoms with van der Waals surface area (Å²) >= 11 is 2.60. The molecule has 26 heavy (non-hydrogen) atoms. The van der Waals surface area contributed by atoms with Crippen molar-refractivity contribution in [3.05, 3.63) is 28.8 Å². The average Bonchev–Trinajstić information content (AvgIpc) is 3.38. The van der Waals surface area contributed by atoms with Gasteiger partial charge in [-0.3, -0.25) is 9.69 Å². The van der Waals surface area contributed by atoms with Gasteiger partial charge in [-0.05, 0) is 43.4 Å². The van der Waals surface area contributed by atoms with Gasteiger partial charge in [-0.2, -0.15) is 0 Å². The van der Waals surface area contributed by atoms with Gasteiger partial charge in [0.1, 0.15) is 10.6 Å². The van der Waals surface area contributed by atoms with E-state index in [1.165, 1.54) is 11.3 Å². The highest BCUT2D eigenvalue weighted by Crippen LogP contribution is 2.33. The summed E-state index contributed by atoms with van der Waals surface area (Å²) in [6.07, 6.45) is 1.99. The molecule has 136 valence electrons. The van der Waals surface area contributed by atoms with Gasteiger partial charge in [-0.25, -0.2) is 4.98 Å². The highest BCUT2D eigenvalue weighted by atomic mass is 32.1. The lowest BCUT2D eigenvalue weighted by atomic mass is 10.2. The van der Waals surface area contributed by atoms with Crippen molar-refractivity contribution in [1.29, 1.82) is 0 Å². The van der Waals surface area contributed by atoms with Crippen molar-refractivity contribution in [3.8, 4) is 5.75 Å². The monoisotopic (exact) mass is 390 g/mol. The summed E-state index contributed by atoms with van der Waals surface area (Å²) in [5.74, 6) is 0.618. The summed E-state index contributed by atoms with van der Waals surface area (Å²) in [5.41, 5.74) is 1.45. The number of aromatic nitrogens is 3. The fourth-order valence-electron chi connectivity index (χ4n) is 2.93. The second kappa shape index (κ2) is 7.26. The van der Waals surface area contributed by atoms with Gasteiger partial charge in [0.15, 0.2) is 5.13 Å². The largest absolute Gasteiger partial charge is 0.497 e. The maximum Gasteiger partial charge on any atom is 0.273 e. The predicted molar refractivity (Wildman–Crippen MR) is 101 cm³/mol. The summed E-state index contributed by atoms with van der Waals surface area (Å²) in [6.45, 7) is 3.02. The van der Waals surface area contributed by atoms with Crippen LogP contribution in [0.25, 0.3) is 10.2 Å². The van der Waals surface area contributed by atoms with Gasteiger partial charge >= 0.3 is 0 Å². The quantitative estimate of drug-likeness (QED) is 0.665. The van der Waals surface area contributed by atoms with Gasteiger partial charge in [-0.1, -0.05) is 15.8 Å². The number of ether oxygens (including phenoxy) is 2. The van der Waals surface area contributed by atoms with Crippen LogP contribution in [0.3, 0.4) is 0 Å². The van der Waals surface area contributed by atoms with Gasteiger partial charge in [0, 0.05) is 12.7 Å². The van der Waals surface area contributed by atoms with Crippen molar-refractivity contribution in [2.75, 3.05) is 25.2 Å². The Kier molecular flexibility index (Phi) is 4.84. The number of thiazole rings is 1. The lowest BCUT2D eigenvalue weighted by Gasteiger charge is -2.22. The van der Waals surface area contributed by atoms with Gasteiger partial charge < -0.3 is 9.47 Å². The molecule has 1 aromatic carbocycles. The molecule has 1 aliphatic rings. The number of fused-ring (bicyclic) bond motifs is 1. The lowest BCUT2D eigenvalue weighted by Crippen LogP contribution is -2.37. The molecule has 1 saturated heterocycles. The molecule has 1 unspecified atom stereocenters. The minimum atomic E-state index is -0.126. The number of aryl methyl sites for hydroxylation is 1. The van der Waals surface area contributed by atoms with Gasteiger partial charge in [0.05, 0.1) is 35.7 Å². The Morgan fingerprint density at radius 2 is 2.35 bits per heavy atom. The van der Waals surface area contributed by atoms with Crippen LogP contribution in [0.1, 0.15) is 28.2 Å². The summed E-state index contributed by atoms with van der Waals surface area (Å²) in [5, 5.41) is 4.62. The Balaban J connectivity index is 1.71. The van der Waals surface area contributed by atoms with E-state index in [0.29, 0.717) is 22.2 Å². The molecular weight excluding hydrogens is 372 g/mol. The molecule has 1 amide bonds. The number of hydrogen-bond acceptors (Lipinski definition) is 8. The maximum atomic E-state index is 13.2. The summed E-state index contributed by atoms with van der Waals surface area (Å²) in [4.78, 5) is 20.1. The minimum Gasteiger partial charge on any atom is -0.497 e. The van der Waals surface area contributed by atoms with E-state index >= 15 is 0 Å². The van der Waals surface area contributed by atoms with Crippen LogP contribution in [0.2, 0.25) is 0 Å². The first-order valence-electron chi connectivity index (χ1n) is 8.32. The van der Waals surface area contributed by atoms with Crippen LogP contribution in [0.15, 0.2) is 18.2 Å². The van der Waals surface area contributed by atoms with Crippen LogP contribution in [0.5, 0.6) is 5.75 Å². The van der Waals surface area contributed by atoms with Crippen LogP contribution in [0, 0.1) is 6.92 Å². The number of hydrogen-bond donors (Lipinski definition) is 0. The van der Waals surface area contributed by atoms with Crippen LogP contribution in [-0.2, 0) is 4.74 Å². The smallest absolute Gasteiger partial charge is 0.273 e. The standard InChI is InChI=1S/C17H18N4O3S2/c1-10-15(26-20-19-10)16(22)21(9-12-4-3-7-24-12)17-18-13-8-11(23-2)5-6-14(13)25-17/h5-6,8,12H,3-4,7,9H2,1-2H3. The van der Waals surface area contributed by atoms with Crippen molar-refractivity contribution in [3.63, 3.8) is 0 Å². The molecule has 2 aromatic heterocycles. The van der Waals surface area contributed by atoms with Crippen LogP contribution < -0.4 is 9.64 Å². The van der Waals surface area contributed by atoms with Crippen molar-refractivity contribution in [2.24, 2.45) is 0 Å². The molecule has 3 aromatic rings. The first-order chi connectivity index (χ1) is 12.7. The third kappa shape index (κ3) is 3.29. The van der Waals surface area contributed by atoms with Crippen LogP contribution in [-0.4, -0.2) is 46.8 Å². The van der Waals surface area contributed by atoms with Crippen LogP contribution in [0.4, 0.5) is 5.13 Å². The molecule has 1 atom stereocenters. The Bertz CT molecular complexity index is 933. The molecule has 7 nitrogen and oxygen atoms in total. The van der Waals surface area contributed by atoms with Crippen LogP contribution >= 0.6 is 22.9 Å². The van der Waals surface area contributed by atoms with Gasteiger partial charge in [0.2, 0.25) is 0 Å². The number of nitrogens with zero attached hydrogens (tertiary/aromatic N) is 4. The molecule has 4 rings (SSSR count). The van der Waals surface area contributed by atoms with E-state index < -0.39 is 0 Å². The van der Waals surface area contributed by atoms with Gasteiger partial charge in [0.25, 0.3) is 5.91 Å². The number of carbonyl (C=O) groups excluding carboxylic acids is 1. The second-order valence-corrected chi connectivity index (χ2v) is 7.83. The topological polar surface area (TPSA) is 77.4 Å². The Labute approximate surface area is 158 Å². The van der Waals surface area contributed by atoms with E-state index in [1.54, 1.807) is 18.9 Å². The molecule has 0 aliphatic carbocycles. The third-order valence-corrected chi connectivity index (χ3v) is 6.19. The number of methoxy groups -OCH3 is 1. The SMILES string of the molecule is COc1ccc2sc(N(CC3CCCO3)C(=O)c3snnc3C)nc2c1. The lowest BCUT2D eigenvalue weighted by molar-refractivity contribution is 0.0920. The van der Waals surface area contributed by atoms with E-state index in [2.05, 4.69) is 14.6 Å². The normalized spacial score (nSPS) is 16.9. The van der Waals surface area contributed by atoms with Crippen molar-refractivity contribution in [1.82, 2.24) is 14.6 Å². The van der Waals surface area contributed by atoms with E-state index in [-0.39, 0.29) is 12.0 Å². The minimum absolute atomic E-state index is 0.0293. The zero-order valence-corrected chi connectivity index (χ0v) is 16.1. The summed E-state index contributed by atoms with van der Waals surface area (Å²) < 4.78 is 15.9. The maximum absolute atomic E-state index is 13.2. The number of benzene rings is 1. The zero-order valence-electron chi connectivity index (χ0n) is 14.5. The number of anilines is 1. The number of amides is 1. The first-order valence-corrected chi connectivity index (χ1v) is 9.91. The summed E-state index contributed by atoms with van der Waals surface area (Å²) in [6, 6.07) is 5.74. The highest BCUT2D eigenvalue weighted by Gasteiger charge is 2.29. The fourth-order valence-corrected chi connectivity index (χ4v) is 4.49. The molecule has 0 spiro atoms. The molecule has 0 saturated carbocycles. The Morgan fingerprint density at radius 3 is 3.04 bits per heavy atom. The Hall–Kier alpha value is -2.10. The molecule has 3 heterocycles.